The van der Waals surface area contributed by atoms with E-state index in [1.54, 1.807) is 0 Å². The van der Waals surface area contributed by atoms with E-state index < -0.39 is 0 Å². The van der Waals surface area contributed by atoms with Crippen molar-refractivity contribution < 1.29 is 4.84 Å². The minimum absolute atomic E-state index is 0.146. The van der Waals surface area contributed by atoms with Gasteiger partial charge >= 0.3 is 0 Å². The number of nitrogens with zero attached hydrogens (tertiary/aromatic N) is 1. The maximum absolute atomic E-state index is 5.39. The smallest absolute Gasteiger partial charge is 0.139 e. The Bertz CT molecular complexity index is 438. The SMILES string of the molecule is Bc1cc(C2=NOC(C)(C)C2)ccc1CC. The van der Waals surface area contributed by atoms with Crippen molar-refractivity contribution in [2.75, 3.05) is 0 Å². The van der Waals surface area contributed by atoms with Gasteiger partial charge in [0.1, 0.15) is 13.4 Å². The number of aryl methyl sites for hydroxylation is 1. The average Bonchev–Trinajstić information content (AvgIpc) is 2.59. The van der Waals surface area contributed by atoms with Crippen LogP contribution in [0.4, 0.5) is 0 Å². The van der Waals surface area contributed by atoms with Crippen LogP contribution in [0.2, 0.25) is 0 Å². The Kier molecular flexibility index (Phi) is 2.79. The van der Waals surface area contributed by atoms with Crippen molar-refractivity contribution >= 4 is 19.0 Å². The molecule has 16 heavy (non-hydrogen) atoms. The van der Waals surface area contributed by atoms with Crippen LogP contribution in [0.15, 0.2) is 23.4 Å². The normalized spacial score (nSPS) is 18.1. The molecule has 1 aliphatic heterocycles. The van der Waals surface area contributed by atoms with Gasteiger partial charge in [0.05, 0.1) is 5.71 Å². The summed E-state index contributed by atoms with van der Waals surface area (Å²) < 4.78 is 0. The van der Waals surface area contributed by atoms with E-state index >= 15 is 0 Å². The van der Waals surface area contributed by atoms with E-state index in [0.29, 0.717) is 0 Å². The highest BCUT2D eigenvalue weighted by atomic mass is 16.7. The van der Waals surface area contributed by atoms with Gasteiger partial charge in [-0.15, -0.1) is 0 Å². The molecule has 2 nitrogen and oxygen atoms in total. The van der Waals surface area contributed by atoms with Gasteiger partial charge in [0.2, 0.25) is 0 Å². The van der Waals surface area contributed by atoms with Crippen LogP contribution < -0.4 is 5.46 Å². The minimum Gasteiger partial charge on any atom is -0.389 e. The molecule has 0 spiro atoms. The predicted molar refractivity (Wildman–Crippen MR) is 70.3 cm³/mol. The van der Waals surface area contributed by atoms with Crippen LogP contribution >= 0.6 is 0 Å². The lowest BCUT2D eigenvalue weighted by Gasteiger charge is -2.13. The van der Waals surface area contributed by atoms with Crippen LogP contribution in [0.1, 0.15) is 38.3 Å². The molecule has 2 rings (SSSR count). The van der Waals surface area contributed by atoms with E-state index in [9.17, 15) is 0 Å². The first kappa shape index (κ1) is 11.2. The molecular weight excluding hydrogens is 197 g/mol. The maximum atomic E-state index is 5.39. The van der Waals surface area contributed by atoms with E-state index in [2.05, 4.69) is 52.0 Å². The second-order valence-electron chi connectivity index (χ2n) is 5.06. The molecule has 0 amide bonds. The van der Waals surface area contributed by atoms with E-state index in [0.717, 1.165) is 18.6 Å². The van der Waals surface area contributed by atoms with E-state index in [4.69, 9.17) is 4.84 Å². The molecule has 1 aromatic carbocycles. The van der Waals surface area contributed by atoms with Crippen molar-refractivity contribution in [3.05, 3.63) is 29.3 Å². The van der Waals surface area contributed by atoms with Gasteiger partial charge in [0.15, 0.2) is 0 Å². The molecule has 0 aliphatic carbocycles. The zero-order valence-electron chi connectivity index (χ0n) is 10.5. The van der Waals surface area contributed by atoms with Crippen LogP contribution in [-0.2, 0) is 11.3 Å². The lowest BCUT2D eigenvalue weighted by Crippen LogP contribution is -2.20. The third kappa shape index (κ3) is 2.13. The van der Waals surface area contributed by atoms with Crippen LogP contribution in [0.5, 0.6) is 0 Å². The van der Waals surface area contributed by atoms with E-state index in [1.807, 2.05) is 0 Å². The Morgan fingerprint density at radius 2 is 2.19 bits per heavy atom. The summed E-state index contributed by atoms with van der Waals surface area (Å²) in [7, 11) is 2.16. The monoisotopic (exact) mass is 215 g/mol. The highest BCUT2D eigenvalue weighted by Gasteiger charge is 2.29. The molecule has 84 valence electrons. The van der Waals surface area contributed by atoms with Crippen molar-refractivity contribution in [3.8, 4) is 0 Å². The Labute approximate surface area is 98.1 Å². The summed E-state index contributed by atoms with van der Waals surface area (Å²) in [6.45, 7) is 6.31. The average molecular weight is 215 g/mol. The third-order valence-corrected chi connectivity index (χ3v) is 3.05. The van der Waals surface area contributed by atoms with Gasteiger partial charge < -0.3 is 4.84 Å². The zero-order valence-corrected chi connectivity index (χ0v) is 10.5. The largest absolute Gasteiger partial charge is 0.389 e. The number of rotatable bonds is 2. The molecule has 1 aliphatic rings. The summed E-state index contributed by atoms with van der Waals surface area (Å²) in [4.78, 5) is 5.39. The summed E-state index contributed by atoms with van der Waals surface area (Å²) in [6, 6.07) is 6.55. The molecular formula is C13H18BNO. The molecule has 0 fully saturated rings. The Morgan fingerprint density at radius 1 is 1.44 bits per heavy atom. The van der Waals surface area contributed by atoms with Gasteiger partial charge in [0.25, 0.3) is 0 Å². The Hall–Kier alpha value is -1.25. The standard InChI is InChI=1S/C13H18BNO/c1-4-9-5-6-10(7-11(9)14)12-8-13(2,3)16-15-12/h5-7H,4,8,14H2,1-3H3. The van der Waals surface area contributed by atoms with Crippen LogP contribution in [-0.4, -0.2) is 19.2 Å². The third-order valence-electron chi connectivity index (χ3n) is 3.05. The fourth-order valence-electron chi connectivity index (χ4n) is 2.07. The van der Waals surface area contributed by atoms with Gasteiger partial charge in [-0.2, -0.15) is 0 Å². The van der Waals surface area contributed by atoms with Crippen molar-refractivity contribution in [3.63, 3.8) is 0 Å². The second-order valence-corrected chi connectivity index (χ2v) is 5.06. The molecule has 0 saturated carbocycles. The summed E-state index contributed by atoms with van der Waals surface area (Å²) >= 11 is 0. The summed E-state index contributed by atoms with van der Waals surface area (Å²) in [6.07, 6.45) is 1.97. The lowest BCUT2D eigenvalue weighted by atomic mass is 9.86. The van der Waals surface area contributed by atoms with Crippen LogP contribution in [0.3, 0.4) is 0 Å². The predicted octanol–water partition coefficient (Wildman–Crippen LogP) is 1.41. The van der Waals surface area contributed by atoms with Crippen molar-refractivity contribution in [2.45, 2.75) is 39.2 Å². The van der Waals surface area contributed by atoms with Crippen LogP contribution in [0, 0.1) is 0 Å². The second kappa shape index (κ2) is 3.97. The highest BCUT2D eigenvalue weighted by molar-refractivity contribution is 6.33. The van der Waals surface area contributed by atoms with Crippen LogP contribution in [0.25, 0.3) is 0 Å². The Morgan fingerprint density at radius 3 is 2.69 bits per heavy atom. The van der Waals surface area contributed by atoms with Gasteiger partial charge in [-0.05, 0) is 25.8 Å². The van der Waals surface area contributed by atoms with Crippen molar-refractivity contribution in [2.24, 2.45) is 5.16 Å². The molecule has 0 radical (unpaired) electrons. The quantitative estimate of drug-likeness (QED) is 0.683. The van der Waals surface area contributed by atoms with Gasteiger partial charge in [-0.25, -0.2) is 0 Å². The first-order valence-corrected chi connectivity index (χ1v) is 5.87. The number of hydrogen-bond acceptors (Lipinski definition) is 2. The summed E-state index contributed by atoms with van der Waals surface area (Å²) in [5.41, 5.74) is 4.86. The lowest BCUT2D eigenvalue weighted by molar-refractivity contribution is 0.0123. The topological polar surface area (TPSA) is 21.6 Å². The number of hydrogen-bond donors (Lipinski definition) is 0. The first-order valence-electron chi connectivity index (χ1n) is 5.87. The number of benzene rings is 1. The molecule has 0 saturated heterocycles. The highest BCUT2D eigenvalue weighted by Crippen LogP contribution is 2.25. The fourth-order valence-corrected chi connectivity index (χ4v) is 2.07. The van der Waals surface area contributed by atoms with Crippen molar-refractivity contribution in [1.82, 2.24) is 0 Å². The van der Waals surface area contributed by atoms with Crippen molar-refractivity contribution in [1.29, 1.82) is 0 Å². The van der Waals surface area contributed by atoms with E-state index in [1.165, 1.54) is 16.6 Å². The van der Waals surface area contributed by atoms with Gasteiger partial charge in [0, 0.05) is 6.42 Å². The first-order chi connectivity index (χ1) is 7.52. The van der Waals surface area contributed by atoms with E-state index in [-0.39, 0.29) is 5.60 Å². The van der Waals surface area contributed by atoms with Gasteiger partial charge in [-0.3, -0.25) is 0 Å². The summed E-state index contributed by atoms with van der Waals surface area (Å²) in [5, 5.41) is 4.17. The molecule has 0 atom stereocenters. The fraction of sp³-hybridized carbons (Fsp3) is 0.462. The molecule has 0 unspecified atom stereocenters. The molecule has 0 bridgehead atoms. The van der Waals surface area contributed by atoms with Gasteiger partial charge in [-0.1, -0.05) is 41.3 Å². The Balaban J connectivity index is 2.26. The zero-order chi connectivity index (χ0) is 11.8. The maximum Gasteiger partial charge on any atom is 0.139 e. The molecule has 0 aromatic heterocycles. The molecule has 1 aromatic rings. The summed E-state index contributed by atoms with van der Waals surface area (Å²) in [5.74, 6) is 0. The molecule has 1 heterocycles. The molecule has 3 heteroatoms. The number of oxime groups is 1. The molecule has 0 N–H and O–H groups in total. The minimum atomic E-state index is -0.146.